The van der Waals surface area contributed by atoms with Crippen molar-refractivity contribution in [1.82, 2.24) is 5.32 Å². The fraction of sp³-hybridized carbons (Fsp3) is 0.929. The van der Waals surface area contributed by atoms with Crippen molar-refractivity contribution in [2.45, 2.75) is 32.9 Å². The maximum absolute atomic E-state index is 11.5. The second-order valence-electron chi connectivity index (χ2n) is 6.18. The topological polar surface area (TPSA) is 56.8 Å². The maximum atomic E-state index is 11.5. The lowest BCUT2D eigenvalue weighted by Crippen LogP contribution is -2.40. The lowest BCUT2D eigenvalue weighted by Gasteiger charge is -2.26. The van der Waals surface area contributed by atoms with E-state index in [1.54, 1.807) is 0 Å². The van der Waals surface area contributed by atoms with Gasteiger partial charge >= 0.3 is 14.7 Å². The standard InChI is InChI=1S/C14H32N2O4Si/c1-7-19-21(6,20-8-2)13-9-10-15-14(17)18-12-11-16(3,4)5/h7-13H2,1-6H3/p+1. The molecule has 0 aliphatic heterocycles. The van der Waals surface area contributed by atoms with Crippen molar-refractivity contribution >= 4 is 14.7 Å². The molecule has 0 rings (SSSR count). The summed E-state index contributed by atoms with van der Waals surface area (Å²) < 4.78 is 17.4. The third-order valence-corrected chi connectivity index (χ3v) is 6.03. The normalized spacial score (nSPS) is 12.3. The summed E-state index contributed by atoms with van der Waals surface area (Å²) in [5.74, 6) is 0. The number of carbonyl (C=O) groups is 1. The Balaban J connectivity index is 3.80. The first kappa shape index (κ1) is 20.4. The Kier molecular flexibility index (Phi) is 9.85. The Morgan fingerprint density at radius 3 is 2.19 bits per heavy atom. The Bertz CT molecular complexity index is 289. The highest BCUT2D eigenvalue weighted by atomic mass is 28.4. The summed E-state index contributed by atoms with van der Waals surface area (Å²) in [5, 5.41) is 2.77. The predicted molar refractivity (Wildman–Crippen MR) is 86.5 cm³/mol. The average molecular weight is 322 g/mol. The van der Waals surface area contributed by atoms with Crippen molar-refractivity contribution in [1.29, 1.82) is 0 Å². The molecule has 0 aliphatic carbocycles. The number of carbonyl (C=O) groups excluding carboxylic acids is 1. The molecular weight excluding hydrogens is 288 g/mol. The summed E-state index contributed by atoms with van der Waals surface area (Å²) in [7, 11) is 4.12. The quantitative estimate of drug-likeness (QED) is 0.359. The number of quaternary nitrogens is 1. The Morgan fingerprint density at radius 1 is 1.14 bits per heavy atom. The van der Waals surface area contributed by atoms with Crippen LogP contribution >= 0.6 is 0 Å². The van der Waals surface area contributed by atoms with Gasteiger partial charge in [-0.05, 0) is 32.9 Å². The van der Waals surface area contributed by atoms with Crippen LogP contribution in [-0.2, 0) is 13.6 Å². The number of nitrogens with one attached hydrogen (secondary N) is 1. The molecule has 6 nitrogen and oxygen atoms in total. The molecule has 0 aliphatic rings. The van der Waals surface area contributed by atoms with Gasteiger partial charge in [0.05, 0.1) is 21.1 Å². The zero-order chi connectivity index (χ0) is 16.4. The van der Waals surface area contributed by atoms with Crippen LogP contribution in [0.2, 0.25) is 12.6 Å². The van der Waals surface area contributed by atoms with Gasteiger partial charge in [0.1, 0.15) is 13.2 Å². The van der Waals surface area contributed by atoms with Crippen LogP contribution in [0.25, 0.3) is 0 Å². The number of amides is 1. The fourth-order valence-corrected chi connectivity index (χ4v) is 4.27. The van der Waals surface area contributed by atoms with Gasteiger partial charge in [-0.25, -0.2) is 4.79 Å². The van der Waals surface area contributed by atoms with Crippen molar-refractivity contribution < 1.29 is 22.9 Å². The van der Waals surface area contributed by atoms with Gasteiger partial charge in [-0.1, -0.05) is 0 Å². The van der Waals surface area contributed by atoms with Crippen LogP contribution in [0.1, 0.15) is 20.3 Å². The number of rotatable bonds is 11. The van der Waals surface area contributed by atoms with E-state index in [1.165, 1.54) is 0 Å². The molecule has 0 fully saturated rings. The Morgan fingerprint density at radius 2 is 1.71 bits per heavy atom. The van der Waals surface area contributed by atoms with Gasteiger partial charge in [-0.15, -0.1) is 0 Å². The van der Waals surface area contributed by atoms with E-state index in [4.69, 9.17) is 13.6 Å². The number of hydrogen-bond acceptors (Lipinski definition) is 4. The minimum Gasteiger partial charge on any atom is -0.444 e. The summed E-state index contributed by atoms with van der Waals surface area (Å²) in [6.07, 6.45) is 0.493. The second kappa shape index (κ2) is 10.2. The van der Waals surface area contributed by atoms with Crippen LogP contribution < -0.4 is 5.32 Å². The van der Waals surface area contributed by atoms with Crippen molar-refractivity contribution in [3.63, 3.8) is 0 Å². The van der Waals surface area contributed by atoms with E-state index in [0.717, 1.165) is 23.5 Å². The molecule has 21 heavy (non-hydrogen) atoms. The molecule has 0 radical (unpaired) electrons. The van der Waals surface area contributed by atoms with Crippen molar-refractivity contribution in [3.05, 3.63) is 0 Å². The highest BCUT2D eigenvalue weighted by Gasteiger charge is 2.29. The zero-order valence-electron chi connectivity index (χ0n) is 14.5. The fourth-order valence-electron chi connectivity index (χ4n) is 1.86. The van der Waals surface area contributed by atoms with Gasteiger partial charge in [-0.2, -0.15) is 0 Å². The smallest absolute Gasteiger partial charge is 0.407 e. The lowest BCUT2D eigenvalue weighted by molar-refractivity contribution is -0.870. The van der Waals surface area contributed by atoms with E-state index in [-0.39, 0.29) is 6.09 Å². The van der Waals surface area contributed by atoms with Crippen LogP contribution in [0.15, 0.2) is 0 Å². The summed E-state index contributed by atoms with van der Waals surface area (Å²) in [4.78, 5) is 11.5. The molecule has 0 atom stereocenters. The summed E-state index contributed by atoms with van der Waals surface area (Å²) >= 11 is 0. The summed E-state index contributed by atoms with van der Waals surface area (Å²) in [5.41, 5.74) is 0. The highest BCUT2D eigenvalue weighted by Crippen LogP contribution is 2.15. The van der Waals surface area contributed by atoms with Gasteiger partial charge in [-0.3, -0.25) is 0 Å². The number of nitrogens with zero attached hydrogens (tertiary/aromatic N) is 1. The third-order valence-electron chi connectivity index (χ3n) is 2.97. The average Bonchev–Trinajstić information content (AvgIpc) is 2.34. The van der Waals surface area contributed by atoms with Gasteiger partial charge in [0.2, 0.25) is 0 Å². The molecular formula is C14H33N2O4Si+. The van der Waals surface area contributed by atoms with Crippen LogP contribution in [0.3, 0.4) is 0 Å². The zero-order valence-corrected chi connectivity index (χ0v) is 15.5. The monoisotopic (exact) mass is 321 g/mol. The van der Waals surface area contributed by atoms with Crippen LogP contribution in [-0.4, -0.2) is 73.2 Å². The molecule has 0 aromatic carbocycles. The third kappa shape index (κ3) is 11.7. The molecule has 0 spiro atoms. The van der Waals surface area contributed by atoms with Gasteiger partial charge in [0.15, 0.2) is 0 Å². The van der Waals surface area contributed by atoms with Crippen LogP contribution in [0.5, 0.6) is 0 Å². The molecule has 0 bridgehead atoms. The Hall–Kier alpha value is -0.633. The lowest BCUT2D eigenvalue weighted by atomic mass is 10.5. The van der Waals surface area contributed by atoms with Crippen LogP contribution in [0, 0.1) is 0 Å². The number of likely N-dealkylation sites (N-methyl/N-ethyl adjacent to an activating group) is 1. The SMILES string of the molecule is CCO[Si](C)(CCCNC(=O)OCC[N+](C)(C)C)OCC. The summed E-state index contributed by atoms with van der Waals surface area (Å²) in [6.45, 7) is 9.19. The predicted octanol–water partition coefficient (Wildman–Crippen LogP) is 1.95. The number of alkyl carbamates (subject to hydrolysis) is 1. The number of ether oxygens (including phenoxy) is 1. The van der Waals surface area contributed by atoms with Gasteiger partial charge in [0, 0.05) is 19.8 Å². The molecule has 1 amide bonds. The summed E-state index contributed by atoms with van der Waals surface area (Å²) in [6, 6.07) is 0.869. The minimum absolute atomic E-state index is 0.348. The molecule has 126 valence electrons. The minimum atomic E-state index is -2.07. The largest absolute Gasteiger partial charge is 0.444 e. The van der Waals surface area contributed by atoms with Crippen molar-refractivity contribution in [3.8, 4) is 0 Å². The molecule has 0 saturated carbocycles. The Labute approximate surface area is 130 Å². The van der Waals surface area contributed by atoms with Crippen molar-refractivity contribution in [2.75, 3.05) is 54.1 Å². The van der Waals surface area contributed by atoms with E-state index in [2.05, 4.69) is 33.0 Å². The van der Waals surface area contributed by atoms with E-state index in [0.29, 0.717) is 26.4 Å². The van der Waals surface area contributed by atoms with Gasteiger partial charge < -0.3 is 23.4 Å². The van der Waals surface area contributed by atoms with E-state index in [1.807, 2.05) is 13.8 Å². The molecule has 0 unspecified atom stereocenters. The van der Waals surface area contributed by atoms with Crippen molar-refractivity contribution in [2.24, 2.45) is 0 Å². The van der Waals surface area contributed by atoms with E-state index in [9.17, 15) is 4.79 Å². The maximum Gasteiger partial charge on any atom is 0.407 e. The molecule has 0 saturated heterocycles. The molecule has 0 aromatic rings. The number of hydrogen-bond donors (Lipinski definition) is 1. The van der Waals surface area contributed by atoms with Crippen LogP contribution in [0.4, 0.5) is 4.79 Å². The first-order valence-corrected chi connectivity index (χ1v) is 10.2. The first-order chi connectivity index (χ1) is 9.72. The molecule has 0 heterocycles. The van der Waals surface area contributed by atoms with E-state index >= 15 is 0 Å². The van der Waals surface area contributed by atoms with Gasteiger partial charge in [0.25, 0.3) is 0 Å². The second-order valence-corrected chi connectivity index (χ2v) is 9.52. The highest BCUT2D eigenvalue weighted by molar-refractivity contribution is 6.66. The van der Waals surface area contributed by atoms with E-state index < -0.39 is 8.56 Å². The first-order valence-electron chi connectivity index (χ1n) is 7.71. The molecule has 0 aromatic heterocycles. The molecule has 7 heteroatoms. The molecule has 1 N–H and O–H groups in total.